The van der Waals surface area contributed by atoms with Gasteiger partial charge in [-0.3, -0.25) is 0 Å². The lowest BCUT2D eigenvalue weighted by atomic mass is 10.1. The zero-order chi connectivity index (χ0) is 21.6. The highest BCUT2D eigenvalue weighted by Gasteiger charge is 2.20. The second-order valence-corrected chi connectivity index (χ2v) is 9.80. The molecule has 0 spiro atoms. The molecule has 1 unspecified atom stereocenters. The average Bonchev–Trinajstić information content (AvgIpc) is 2.76. The third-order valence-electron chi connectivity index (χ3n) is 4.26. The molecule has 0 aliphatic heterocycles. The van der Waals surface area contributed by atoms with E-state index >= 15 is 0 Å². The van der Waals surface area contributed by atoms with Crippen molar-refractivity contribution in [3.63, 3.8) is 0 Å². The number of rotatable bonds is 10. The van der Waals surface area contributed by atoms with Crippen molar-refractivity contribution in [3.05, 3.63) is 72.8 Å². The van der Waals surface area contributed by atoms with Gasteiger partial charge in [0.1, 0.15) is 6.23 Å². The molecule has 1 atom stereocenters. The van der Waals surface area contributed by atoms with Gasteiger partial charge in [0.25, 0.3) is 0 Å². The summed E-state index contributed by atoms with van der Waals surface area (Å²) in [5.74, 6) is 0. The molecule has 3 aromatic carbocycles. The van der Waals surface area contributed by atoms with Crippen molar-refractivity contribution in [1.82, 2.24) is 9.44 Å². The van der Waals surface area contributed by atoms with Crippen LogP contribution >= 0.6 is 0 Å². The first-order chi connectivity index (χ1) is 14.3. The lowest BCUT2D eigenvalue weighted by Gasteiger charge is -2.17. The van der Waals surface area contributed by atoms with Gasteiger partial charge in [0.2, 0.25) is 20.0 Å². The molecule has 3 aromatic rings. The van der Waals surface area contributed by atoms with Crippen molar-refractivity contribution in [2.24, 2.45) is 0 Å². The molecule has 160 valence electrons. The van der Waals surface area contributed by atoms with Crippen molar-refractivity contribution >= 4 is 30.8 Å². The molecule has 0 aliphatic rings. The zero-order valence-electron chi connectivity index (χ0n) is 15.9. The summed E-state index contributed by atoms with van der Waals surface area (Å²) >= 11 is 0. The highest BCUT2D eigenvalue weighted by atomic mass is 32.2. The van der Waals surface area contributed by atoms with Gasteiger partial charge < -0.3 is 9.84 Å². The molecule has 3 N–H and O–H groups in total. The number of nitrogens with one attached hydrogen (secondary N) is 2. The number of hydrogen-bond acceptors (Lipinski definition) is 6. The minimum Gasteiger partial charge on any atom is -0.392 e. The Labute approximate surface area is 175 Å². The van der Waals surface area contributed by atoms with E-state index < -0.39 is 32.9 Å². The van der Waals surface area contributed by atoms with E-state index in [-0.39, 0.29) is 22.9 Å². The van der Waals surface area contributed by atoms with E-state index in [1.54, 1.807) is 36.4 Å². The summed E-state index contributed by atoms with van der Waals surface area (Å²) in [6, 6.07) is 19.8. The molecule has 0 saturated carbocycles. The second kappa shape index (κ2) is 9.65. The summed E-state index contributed by atoms with van der Waals surface area (Å²) in [7, 11) is -7.68. The summed E-state index contributed by atoms with van der Waals surface area (Å²) in [6.45, 7) is -0.857. The largest absolute Gasteiger partial charge is 0.392 e. The van der Waals surface area contributed by atoms with E-state index in [9.17, 15) is 21.9 Å². The van der Waals surface area contributed by atoms with Gasteiger partial charge in [-0.2, -0.15) is 4.72 Å². The Hall–Kier alpha value is -2.34. The van der Waals surface area contributed by atoms with Crippen LogP contribution in [-0.4, -0.2) is 47.9 Å². The molecular weight excluding hydrogens is 428 g/mol. The highest BCUT2D eigenvalue weighted by Crippen LogP contribution is 2.22. The third kappa shape index (κ3) is 5.42. The normalized spacial score (nSPS) is 13.4. The van der Waals surface area contributed by atoms with Gasteiger partial charge in [0, 0.05) is 11.9 Å². The quantitative estimate of drug-likeness (QED) is 0.317. The van der Waals surface area contributed by atoms with E-state index in [2.05, 4.69) is 9.44 Å². The lowest BCUT2D eigenvalue weighted by molar-refractivity contribution is 0.00948. The van der Waals surface area contributed by atoms with Crippen LogP contribution in [0.2, 0.25) is 0 Å². The Bertz CT molecular complexity index is 1190. The monoisotopic (exact) mass is 450 g/mol. The van der Waals surface area contributed by atoms with Crippen LogP contribution in [0, 0.1) is 0 Å². The Morgan fingerprint density at radius 3 is 2.23 bits per heavy atom. The Kier molecular flexibility index (Phi) is 7.19. The Balaban J connectivity index is 1.59. The van der Waals surface area contributed by atoms with E-state index in [4.69, 9.17) is 4.74 Å². The summed E-state index contributed by atoms with van der Waals surface area (Å²) in [6.07, 6.45) is -1.21. The number of hydrogen-bond donors (Lipinski definition) is 3. The average molecular weight is 451 g/mol. The van der Waals surface area contributed by atoms with E-state index in [0.717, 1.165) is 5.39 Å². The number of aliphatic hydroxyl groups is 1. The van der Waals surface area contributed by atoms with Crippen LogP contribution in [0.5, 0.6) is 0 Å². The van der Waals surface area contributed by atoms with Crippen molar-refractivity contribution in [2.45, 2.75) is 16.0 Å². The standard InChI is InChI=1S/C20H22N2O6S2/c23-15-20(22-29(24,25)17-9-2-1-3-10-17)28-14-13-21-30(26,27)19-12-6-8-16-7-4-5-11-18(16)19/h1-12,20-23H,13-15H2. The van der Waals surface area contributed by atoms with Crippen LogP contribution in [0.25, 0.3) is 10.8 Å². The van der Waals surface area contributed by atoms with E-state index in [1.807, 2.05) is 18.2 Å². The maximum atomic E-state index is 12.6. The minimum absolute atomic E-state index is 0.0312. The molecule has 3 rings (SSSR count). The molecule has 0 bridgehead atoms. The molecule has 0 heterocycles. The maximum Gasteiger partial charge on any atom is 0.242 e. The van der Waals surface area contributed by atoms with Crippen molar-refractivity contribution in [3.8, 4) is 0 Å². The number of ether oxygens (including phenoxy) is 1. The van der Waals surface area contributed by atoms with Crippen molar-refractivity contribution < 1.29 is 26.7 Å². The van der Waals surface area contributed by atoms with Crippen LogP contribution in [0.4, 0.5) is 0 Å². The van der Waals surface area contributed by atoms with Crippen LogP contribution in [0.3, 0.4) is 0 Å². The first kappa shape index (κ1) is 22.3. The third-order valence-corrected chi connectivity index (χ3v) is 7.24. The number of aliphatic hydroxyl groups excluding tert-OH is 1. The van der Waals surface area contributed by atoms with Gasteiger partial charge in [-0.05, 0) is 23.6 Å². The molecule has 0 aromatic heterocycles. The molecule has 0 saturated heterocycles. The fraction of sp³-hybridized carbons (Fsp3) is 0.200. The summed E-state index contributed by atoms with van der Waals surface area (Å²) < 4.78 is 59.8. The second-order valence-electron chi connectivity index (χ2n) is 6.35. The molecule has 30 heavy (non-hydrogen) atoms. The van der Waals surface area contributed by atoms with Gasteiger partial charge in [-0.15, -0.1) is 0 Å². The predicted molar refractivity (Wildman–Crippen MR) is 113 cm³/mol. The van der Waals surface area contributed by atoms with Crippen molar-refractivity contribution in [2.75, 3.05) is 19.8 Å². The van der Waals surface area contributed by atoms with Crippen LogP contribution in [0.15, 0.2) is 82.6 Å². The molecular formula is C20H22N2O6S2. The van der Waals surface area contributed by atoms with Crippen LogP contribution in [-0.2, 0) is 24.8 Å². The SMILES string of the molecule is O=S(=O)(NC(CO)OCCNS(=O)(=O)c1cccc2ccccc12)c1ccccc1. The number of benzene rings is 3. The summed E-state index contributed by atoms with van der Waals surface area (Å²) in [4.78, 5) is 0.174. The Morgan fingerprint density at radius 1 is 0.833 bits per heavy atom. The highest BCUT2D eigenvalue weighted by molar-refractivity contribution is 7.90. The zero-order valence-corrected chi connectivity index (χ0v) is 17.6. The van der Waals surface area contributed by atoms with Crippen molar-refractivity contribution in [1.29, 1.82) is 0 Å². The molecule has 0 radical (unpaired) electrons. The molecule has 0 aliphatic carbocycles. The number of sulfonamides is 2. The van der Waals surface area contributed by atoms with Crippen LogP contribution < -0.4 is 9.44 Å². The van der Waals surface area contributed by atoms with E-state index in [1.165, 1.54) is 18.2 Å². The fourth-order valence-electron chi connectivity index (χ4n) is 2.85. The smallest absolute Gasteiger partial charge is 0.242 e. The van der Waals surface area contributed by atoms with Gasteiger partial charge in [-0.1, -0.05) is 54.6 Å². The summed E-state index contributed by atoms with van der Waals surface area (Å²) in [5.41, 5.74) is 0. The lowest BCUT2D eigenvalue weighted by Crippen LogP contribution is -2.41. The topological polar surface area (TPSA) is 122 Å². The molecule has 8 nitrogen and oxygen atoms in total. The number of fused-ring (bicyclic) bond motifs is 1. The fourth-order valence-corrected chi connectivity index (χ4v) is 5.23. The van der Waals surface area contributed by atoms with E-state index in [0.29, 0.717) is 5.39 Å². The van der Waals surface area contributed by atoms with Gasteiger partial charge in [0.15, 0.2) is 0 Å². The van der Waals surface area contributed by atoms with Crippen LogP contribution in [0.1, 0.15) is 0 Å². The van der Waals surface area contributed by atoms with Gasteiger partial charge in [-0.25, -0.2) is 21.6 Å². The first-order valence-electron chi connectivity index (χ1n) is 9.11. The molecule has 0 amide bonds. The minimum atomic E-state index is -3.88. The molecule has 0 fully saturated rings. The van der Waals surface area contributed by atoms with Gasteiger partial charge >= 0.3 is 0 Å². The first-order valence-corrected chi connectivity index (χ1v) is 12.1. The Morgan fingerprint density at radius 2 is 1.50 bits per heavy atom. The summed E-state index contributed by atoms with van der Waals surface area (Å²) in [5, 5.41) is 10.8. The maximum absolute atomic E-state index is 12.6. The molecule has 10 heteroatoms. The van der Waals surface area contributed by atoms with Gasteiger partial charge in [0.05, 0.1) is 23.0 Å². The predicted octanol–water partition coefficient (Wildman–Crippen LogP) is 1.43.